The van der Waals surface area contributed by atoms with Crippen LogP contribution in [0.25, 0.3) is 0 Å². The molecule has 0 unspecified atom stereocenters. The number of sulfonamides is 1. The lowest BCUT2D eigenvalue weighted by Gasteiger charge is -2.38. The molecule has 2 rings (SSSR count). The highest BCUT2D eigenvalue weighted by atomic mass is 32.2. The number of nitrogens with zero attached hydrogens (tertiary/aromatic N) is 1. The maximum absolute atomic E-state index is 12.3. The molecule has 1 N–H and O–H groups in total. The van der Waals surface area contributed by atoms with Crippen molar-refractivity contribution in [1.82, 2.24) is 9.62 Å². The van der Waals surface area contributed by atoms with Crippen molar-refractivity contribution in [3.8, 4) is 0 Å². The second kappa shape index (κ2) is 8.64. The van der Waals surface area contributed by atoms with Gasteiger partial charge in [-0.15, -0.1) is 0 Å². The Kier molecular flexibility index (Phi) is 6.77. The third-order valence-corrected chi connectivity index (χ3v) is 5.99. The molecular formula is C18H26N2O5S. The van der Waals surface area contributed by atoms with Crippen molar-refractivity contribution in [3.05, 3.63) is 29.8 Å². The third kappa shape index (κ3) is 5.28. The Bertz CT molecular complexity index is 735. The fourth-order valence-corrected chi connectivity index (χ4v) is 4.10. The summed E-state index contributed by atoms with van der Waals surface area (Å²) in [6, 6.07) is 6.51. The van der Waals surface area contributed by atoms with Crippen LogP contribution in [0.3, 0.4) is 0 Å². The first-order valence-corrected chi connectivity index (χ1v) is 10.2. The van der Waals surface area contributed by atoms with E-state index in [9.17, 15) is 18.0 Å². The topological polar surface area (TPSA) is 92.8 Å². The zero-order chi connectivity index (χ0) is 19.3. The maximum Gasteiger partial charge on any atom is 0.321 e. The lowest BCUT2D eigenvalue weighted by atomic mass is 9.97. The summed E-state index contributed by atoms with van der Waals surface area (Å²) in [5, 5.41) is 0. The number of amides is 1. The highest BCUT2D eigenvalue weighted by Crippen LogP contribution is 2.22. The molecule has 0 aromatic heterocycles. The van der Waals surface area contributed by atoms with Crippen molar-refractivity contribution in [3.63, 3.8) is 0 Å². The van der Waals surface area contributed by atoms with Gasteiger partial charge < -0.3 is 9.64 Å². The Balaban J connectivity index is 1.83. The molecule has 0 bridgehead atoms. The number of carbonyl (C=O) groups is 2. The van der Waals surface area contributed by atoms with Crippen LogP contribution in [-0.2, 0) is 24.3 Å². The Morgan fingerprint density at radius 2 is 1.73 bits per heavy atom. The minimum atomic E-state index is -3.79. The predicted molar refractivity (Wildman–Crippen MR) is 96.9 cm³/mol. The first-order chi connectivity index (χ1) is 12.2. The van der Waals surface area contributed by atoms with Gasteiger partial charge in [-0.25, -0.2) is 8.42 Å². The van der Waals surface area contributed by atoms with Crippen molar-refractivity contribution in [1.29, 1.82) is 0 Å². The second-order valence-electron chi connectivity index (χ2n) is 6.73. The fourth-order valence-electron chi connectivity index (χ4n) is 3.14. The molecular weight excluding hydrogens is 356 g/mol. The van der Waals surface area contributed by atoms with Gasteiger partial charge in [0.1, 0.15) is 6.54 Å². The molecule has 0 saturated carbocycles. The molecule has 1 aromatic rings. The minimum absolute atomic E-state index is 0.0722. The van der Waals surface area contributed by atoms with Crippen LogP contribution >= 0.6 is 0 Å². The van der Waals surface area contributed by atoms with E-state index in [-0.39, 0.29) is 29.5 Å². The Hall–Kier alpha value is -1.93. The molecule has 1 heterocycles. The number of hydrogen-bond donors (Lipinski definition) is 1. The monoisotopic (exact) mass is 382 g/mol. The van der Waals surface area contributed by atoms with Gasteiger partial charge in [-0.1, -0.05) is 17.7 Å². The molecule has 0 spiro atoms. The zero-order valence-electron chi connectivity index (χ0n) is 15.4. The summed E-state index contributed by atoms with van der Waals surface area (Å²) >= 11 is 0. The molecule has 1 aliphatic heterocycles. The van der Waals surface area contributed by atoms with Crippen LogP contribution in [0.5, 0.6) is 0 Å². The quantitative estimate of drug-likeness (QED) is 0.755. The first-order valence-electron chi connectivity index (χ1n) is 8.74. The Morgan fingerprint density at radius 1 is 1.15 bits per heavy atom. The van der Waals surface area contributed by atoms with E-state index in [0.717, 1.165) is 24.8 Å². The average Bonchev–Trinajstić information content (AvgIpc) is 2.58. The smallest absolute Gasteiger partial charge is 0.321 e. The van der Waals surface area contributed by atoms with Gasteiger partial charge in [0.2, 0.25) is 10.0 Å². The Labute approximate surface area is 154 Å². The lowest BCUT2D eigenvalue weighted by Crippen LogP contribution is -2.49. The summed E-state index contributed by atoms with van der Waals surface area (Å²) in [5.41, 5.74) is 0.933. The van der Waals surface area contributed by atoms with Crippen LogP contribution in [-0.4, -0.2) is 50.4 Å². The molecule has 1 saturated heterocycles. The molecule has 1 aliphatic rings. The van der Waals surface area contributed by atoms with Gasteiger partial charge in [0.15, 0.2) is 6.61 Å². The van der Waals surface area contributed by atoms with Crippen molar-refractivity contribution in [2.24, 2.45) is 0 Å². The number of aryl methyl sites for hydroxylation is 1. The molecule has 0 radical (unpaired) electrons. The van der Waals surface area contributed by atoms with Crippen LogP contribution in [0.15, 0.2) is 29.2 Å². The maximum atomic E-state index is 12.3. The van der Waals surface area contributed by atoms with Crippen LogP contribution < -0.4 is 4.72 Å². The molecule has 7 nitrogen and oxygen atoms in total. The highest BCUT2D eigenvalue weighted by Gasteiger charge is 2.29. The standard InChI is InChI=1S/C18H26N2O5S/c1-13-7-9-16(10-8-13)26(23,24)19-11-18(22)25-12-17(21)20-14(2)5-4-6-15(20)3/h7-10,14-15,19H,4-6,11-12H2,1-3H3/t14-,15-/m1/s1. The van der Waals surface area contributed by atoms with E-state index >= 15 is 0 Å². The van der Waals surface area contributed by atoms with Gasteiger partial charge in [-0.3, -0.25) is 9.59 Å². The first kappa shape index (κ1) is 20.4. The fraction of sp³-hybridized carbons (Fsp3) is 0.556. The summed E-state index contributed by atoms with van der Waals surface area (Å²) in [5.74, 6) is -1.04. The molecule has 26 heavy (non-hydrogen) atoms. The SMILES string of the molecule is Cc1ccc(S(=O)(=O)NCC(=O)OCC(=O)N2[C@H](C)CCC[C@H]2C)cc1. The lowest BCUT2D eigenvalue weighted by molar-refractivity contribution is -0.154. The molecule has 1 fully saturated rings. The largest absolute Gasteiger partial charge is 0.455 e. The number of benzene rings is 1. The predicted octanol–water partition coefficient (Wildman–Crippen LogP) is 1.61. The summed E-state index contributed by atoms with van der Waals surface area (Å²) in [6.45, 7) is 4.91. The van der Waals surface area contributed by atoms with Gasteiger partial charge in [0.05, 0.1) is 4.90 Å². The number of rotatable bonds is 6. The highest BCUT2D eigenvalue weighted by molar-refractivity contribution is 7.89. The number of nitrogens with one attached hydrogen (secondary N) is 1. The Morgan fingerprint density at radius 3 is 2.31 bits per heavy atom. The number of carbonyl (C=O) groups excluding carboxylic acids is 2. The van der Waals surface area contributed by atoms with Crippen molar-refractivity contribution in [2.45, 2.75) is 57.0 Å². The number of ether oxygens (including phenoxy) is 1. The van der Waals surface area contributed by atoms with Gasteiger partial charge in [0, 0.05) is 12.1 Å². The van der Waals surface area contributed by atoms with Gasteiger partial charge >= 0.3 is 5.97 Å². The second-order valence-corrected chi connectivity index (χ2v) is 8.50. The number of likely N-dealkylation sites (tertiary alicyclic amines) is 1. The average molecular weight is 382 g/mol. The van der Waals surface area contributed by atoms with Crippen molar-refractivity contribution >= 4 is 21.9 Å². The van der Waals surface area contributed by atoms with E-state index in [4.69, 9.17) is 4.74 Å². The summed E-state index contributed by atoms with van der Waals surface area (Å²) in [4.78, 5) is 25.9. The van der Waals surface area contributed by atoms with Gasteiger partial charge in [-0.2, -0.15) is 4.72 Å². The number of piperidine rings is 1. The zero-order valence-corrected chi connectivity index (χ0v) is 16.2. The summed E-state index contributed by atoms with van der Waals surface area (Å²) in [7, 11) is -3.79. The van der Waals surface area contributed by atoms with Gasteiger partial charge in [-0.05, 0) is 52.2 Å². The van der Waals surface area contributed by atoms with Crippen LogP contribution in [0.1, 0.15) is 38.7 Å². The summed E-state index contributed by atoms with van der Waals surface area (Å²) in [6.07, 6.45) is 2.94. The molecule has 2 atom stereocenters. The van der Waals surface area contributed by atoms with Crippen molar-refractivity contribution in [2.75, 3.05) is 13.2 Å². The van der Waals surface area contributed by atoms with Crippen LogP contribution in [0.4, 0.5) is 0 Å². The van der Waals surface area contributed by atoms with E-state index < -0.39 is 22.5 Å². The van der Waals surface area contributed by atoms with Gasteiger partial charge in [0.25, 0.3) is 5.91 Å². The van der Waals surface area contributed by atoms with Crippen LogP contribution in [0.2, 0.25) is 0 Å². The third-order valence-electron chi connectivity index (χ3n) is 4.58. The summed E-state index contributed by atoms with van der Waals surface area (Å²) < 4.78 is 31.4. The molecule has 8 heteroatoms. The molecule has 1 amide bonds. The van der Waals surface area contributed by atoms with Crippen molar-refractivity contribution < 1.29 is 22.7 Å². The molecule has 144 valence electrons. The van der Waals surface area contributed by atoms with E-state index in [1.54, 1.807) is 17.0 Å². The molecule has 1 aromatic carbocycles. The van der Waals surface area contributed by atoms with E-state index in [1.165, 1.54) is 12.1 Å². The van der Waals surface area contributed by atoms with E-state index in [0.29, 0.717) is 0 Å². The van der Waals surface area contributed by atoms with Crippen LogP contribution in [0, 0.1) is 6.92 Å². The molecule has 0 aliphatic carbocycles. The number of hydrogen-bond acceptors (Lipinski definition) is 5. The number of esters is 1. The van der Waals surface area contributed by atoms with E-state index in [1.807, 2.05) is 20.8 Å². The van der Waals surface area contributed by atoms with E-state index in [2.05, 4.69) is 4.72 Å². The minimum Gasteiger partial charge on any atom is -0.455 e. The normalized spacial score (nSPS) is 20.7.